The van der Waals surface area contributed by atoms with Crippen LogP contribution in [0.15, 0.2) is 42.5 Å². The molecule has 0 fully saturated rings. The fourth-order valence-electron chi connectivity index (χ4n) is 2.56. The summed E-state index contributed by atoms with van der Waals surface area (Å²) in [7, 11) is 1.64. The average molecular weight is 554 g/mol. The van der Waals surface area contributed by atoms with Crippen LogP contribution in [0.25, 0.3) is 0 Å². The molecule has 0 aliphatic carbocycles. The minimum atomic E-state index is -0.744. The van der Waals surface area contributed by atoms with E-state index in [2.05, 4.69) is 10.6 Å². The number of rotatable bonds is 9. The molecule has 0 heterocycles. The van der Waals surface area contributed by atoms with Crippen molar-refractivity contribution >= 4 is 39.4 Å². The molecule has 0 aromatic heterocycles. The van der Waals surface area contributed by atoms with Crippen LogP contribution < -0.4 is 15.4 Å². The molecule has 4 N–H and O–H groups in total. The van der Waals surface area contributed by atoms with Gasteiger partial charge >= 0.3 is 27.3 Å². The predicted molar refractivity (Wildman–Crippen MR) is 105 cm³/mol. The Kier molecular flexibility index (Phi) is 9.60. The van der Waals surface area contributed by atoms with Gasteiger partial charge in [0.1, 0.15) is 11.5 Å². The number of hydrogen-bond donors (Lipinski definition) is 4. The van der Waals surface area contributed by atoms with Gasteiger partial charge in [0.2, 0.25) is 6.41 Å². The van der Waals surface area contributed by atoms with Crippen LogP contribution in [0.3, 0.4) is 0 Å². The number of phenols is 1. The maximum atomic E-state index is 10.5. The van der Waals surface area contributed by atoms with Crippen LogP contribution in [0.2, 0.25) is 0 Å². The number of amides is 1. The first-order valence-electron chi connectivity index (χ1n) is 8.11. The van der Waals surface area contributed by atoms with Gasteiger partial charge < -0.3 is 25.6 Å². The molecule has 2 rings (SSSR count). The number of carbonyl (C=O) groups excluding carboxylic acids is 1. The predicted octanol–water partition coefficient (Wildman–Crippen LogP) is 1.31. The zero-order chi connectivity index (χ0) is 18.2. The van der Waals surface area contributed by atoms with Gasteiger partial charge in [-0.2, -0.15) is 0 Å². The van der Waals surface area contributed by atoms with Crippen molar-refractivity contribution in [3.8, 4) is 11.5 Å². The van der Waals surface area contributed by atoms with Crippen molar-refractivity contribution in [1.82, 2.24) is 5.32 Å². The van der Waals surface area contributed by atoms with Gasteiger partial charge in [-0.1, -0.05) is 18.2 Å². The Morgan fingerprint density at radius 3 is 2.50 bits per heavy atom. The second-order valence-electron chi connectivity index (χ2n) is 5.92. The Morgan fingerprint density at radius 2 is 1.88 bits per heavy atom. The molecule has 2 radical (unpaired) electrons. The Labute approximate surface area is 173 Å². The average Bonchev–Trinajstić information content (AvgIpc) is 2.62. The molecule has 140 valence electrons. The number of nitrogens with one attached hydrogen (secondary N) is 2. The molecule has 2 aromatic rings. The number of ether oxygens (including phenoxy) is 1. The standard InChI is InChI=1S/C19H24N2O4.Pb.2H/c1-13(9-14-3-6-16(25-2)7-4-14)20-11-19(24)15-5-8-18(23)17(10-15)21-12-22;;;/h3-8,10,12-13,19-20,23-24H,9,11H2,1-2H3,(H,21,22);;;/t13-,19+;;;/m1.../s1. The fraction of sp³-hybridized carbons (Fsp3) is 0.316. The number of methoxy groups -OCH3 is 1. The molecule has 0 saturated heterocycles. The van der Waals surface area contributed by atoms with Crippen molar-refractivity contribution in [2.75, 3.05) is 19.0 Å². The third-order valence-corrected chi connectivity index (χ3v) is 3.98. The molecule has 6 nitrogen and oxygen atoms in total. The molecule has 0 aliphatic heterocycles. The molecular formula is C19H26N2O4Pb. The quantitative estimate of drug-likeness (QED) is 0.214. The number of benzene rings is 2. The van der Waals surface area contributed by atoms with Gasteiger partial charge in [-0.3, -0.25) is 4.79 Å². The first kappa shape index (κ1) is 22.4. The molecule has 7 heteroatoms. The summed E-state index contributed by atoms with van der Waals surface area (Å²) < 4.78 is 5.14. The van der Waals surface area contributed by atoms with E-state index in [1.807, 2.05) is 31.2 Å². The van der Waals surface area contributed by atoms with Gasteiger partial charge in [0.05, 0.1) is 18.9 Å². The number of aliphatic hydroxyl groups excluding tert-OH is 1. The Morgan fingerprint density at radius 1 is 1.19 bits per heavy atom. The summed E-state index contributed by atoms with van der Waals surface area (Å²) in [4.78, 5) is 10.5. The minimum absolute atomic E-state index is 0. The van der Waals surface area contributed by atoms with Crippen LogP contribution in [0.1, 0.15) is 24.2 Å². The normalized spacial score (nSPS) is 12.6. The molecule has 2 aromatic carbocycles. The molecular weight excluding hydrogens is 527 g/mol. The van der Waals surface area contributed by atoms with Crippen molar-refractivity contribution in [3.05, 3.63) is 53.6 Å². The summed E-state index contributed by atoms with van der Waals surface area (Å²) in [6.07, 6.45) is 0.566. The number of anilines is 1. The first-order valence-corrected chi connectivity index (χ1v) is 8.11. The summed E-state index contributed by atoms with van der Waals surface area (Å²) >= 11 is 0. The molecule has 1 amide bonds. The topological polar surface area (TPSA) is 90.8 Å². The van der Waals surface area contributed by atoms with Gasteiger partial charge in [-0.25, -0.2) is 0 Å². The second-order valence-corrected chi connectivity index (χ2v) is 5.92. The number of aromatic hydroxyl groups is 1. The number of aliphatic hydroxyl groups is 1. The molecule has 0 aliphatic rings. The SMILES string of the molecule is COc1ccc(C[C@@H](C)NC[C@H](O)c2ccc(O)c(NC=O)c2)cc1.[PbH2]. The van der Waals surface area contributed by atoms with E-state index in [0.29, 0.717) is 18.5 Å². The van der Waals surface area contributed by atoms with E-state index < -0.39 is 6.10 Å². The van der Waals surface area contributed by atoms with Gasteiger partial charge in [0.25, 0.3) is 0 Å². The third-order valence-electron chi connectivity index (χ3n) is 3.98. The van der Waals surface area contributed by atoms with Crippen LogP contribution in [-0.4, -0.2) is 63.6 Å². The van der Waals surface area contributed by atoms with Crippen LogP contribution in [-0.2, 0) is 11.2 Å². The van der Waals surface area contributed by atoms with Crippen molar-refractivity contribution in [3.63, 3.8) is 0 Å². The zero-order valence-electron chi connectivity index (χ0n) is 15.1. The molecule has 2 atom stereocenters. The number of phenolic OH excluding ortho intramolecular Hbond substituents is 1. The van der Waals surface area contributed by atoms with E-state index in [4.69, 9.17) is 4.74 Å². The van der Waals surface area contributed by atoms with Gasteiger partial charge in [0.15, 0.2) is 0 Å². The summed E-state index contributed by atoms with van der Waals surface area (Å²) in [6.45, 7) is 2.41. The number of hydrogen-bond acceptors (Lipinski definition) is 5. The molecule has 0 bridgehead atoms. The van der Waals surface area contributed by atoms with Gasteiger partial charge in [-0.05, 0) is 48.7 Å². The summed E-state index contributed by atoms with van der Waals surface area (Å²) in [6, 6.07) is 12.7. The summed E-state index contributed by atoms with van der Waals surface area (Å²) in [5.41, 5.74) is 2.07. The summed E-state index contributed by atoms with van der Waals surface area (Å²) in [5, 5.41) is 25.6. The van der Waals surface area contributed by atoms with Gasteiger partial charge in [0, 0.05) is 12.6 Å². The Balaban J connectivity index is 0.00000338. The van der Waals surface area contributed by atoms with Crippen LogP contribution in [0.4, 0.5) is 5.69 Å². The third kappa shape index (κ3) is 6.58. The van der Waals surface area contributed by atoms with Crippen molar-refractivity contribution in [2.45, 2.75) is 25.5 Å². The van der Waals surface area contributed by atoms with E-state index in [1.165, 1.54) is 11.6 Å². The Hall–Kier alpha value is -1.65. The van der Waals surface area contributed by atoms with Gasteiger partial charge in [-0.15, -0.1) is 0 Å². The molecule has 0 unspecified atom stereocenters. The molecule has 0 saturated carbocycles. The van der Waals surface area contributed by atoms with Crippen molar-refractivity contribution in [2.24, 2.45) is 0 Å². The van der Waals surface area contributed by atoms with Crippen molar-refractivity contribution < 1.29 is 19.7 Å². The molecule has 26 heavy (non-hydrogen) atoms. The van der Waals surface area contributed by atoms with E-state index in [-0.39, 0.29) is 44.8 Å². The van der Waals surface area contributed by atoms with Crippen LogP contribution in [0, 0.1) is 0 Å². The number of carbonyl (C=O) groups is 1. The second kappa shape index (κ2) is 11.1. The van der Waals surface area contributed by atoms with Crippen molar-refractivity contribution in [1.29, 1.82) is 0 Å². The van der Waals surface area contributed by atoms with E-state index >= 15 is 0 Å². The van der Waals surface area contributed by atoms with E-state index in [1.54, 1.807) is 19.2 Å². The monoisotopic (exact) mass is 554 g/mol. The van der Waals surface area contributed by atoms with Crippen LogP contribution in [0.5, 0.6) is 11.5 Å². The molecule has 0 spiro atoms. The van der Waals surface area contributed by atoms with E-state index in [9.17, 15) is 15.0 Å². The zero-order valence-corrected chi connectivity index (χ0v) is 20.6. The summed E-state index contributed by atoms with van der Waals surface area (Å²) in [5.74, 6) is 0.788. The van der Waals surface area contributed by atoms with Crippen LogP contribution >= 0.6 is 0 Å². The Bertz CT molecular complexity index is 694. The van der Waals surface area contributed by atoms with E-state index in [0.717, 1.165) is 12.2 Å². The fourth-order valence-corrected chi connectivity index (χ4v) is 2.56. The maximum absolute atomic E-state index is 10.5. The first-order chi connectivity index (χ1) is 12.0.